The van der Waals surface area contributed by atoms with Gasteiger partial charge in [0.1, 0.15) is 5.00 Å². The Morgan fingerprint density at radius 1 is 1.23 bits per heavy atom. The summed E-state index contributed by atoms with van der Waals surface area (Å²) in [5, 5.41) is 3.67. The summed E-state index contributed by atoms with van der Waals surface area (Å²) in [4.78, 5) is 37.4. The fourth-order valence-corrected chi connectivity index (χ4v) is 4.49. The number of amides is 1. The Morgan fingerprint density at radius 2 is 2.00 bits per heavy atom. The van der Waals surface area contributed by atoms with Crippen molar-refractivity contribution in [1.29, 1.82) is 0 Å². The highest BCUT2D eigenvalue weighted by Crippen LogP contribution is 2.38. The molecule has 1 aromatic heterocycles. The molecule has 0 saturated carbocycles. The van der Waals surface area contributed by atoms with Crippen molar-refractivity contribution in [3.8, 4) is 0 Å². The number of thiophene rings is 1. The Hall–Kier alpha value is -2.18. The molecule has 7 heteroatoms. The lowest BCUT2D eigenvalue weighted by atomic mass is 9.95. The summed E-state index contributed by atoms with van der Waals surface area (Å²) in [7, 11) is 0. The first kappa shape index (κ1) is 18.6. The average molecular weight is 392 g/mol. The van der Waals surface area contributed by atoms with E-state index in [0.29, 0.717) is 21.2 Å². The smallest absolute Gasteiger partial charge is 0.341 e. The number of Topliss-reactive ketones (excluding diaryl/α,β-unsaturated/α-hetero) is 1. The molecule has 0 saturated heterocycles. The highest BCUT2D eigenvalue weighted by Gasteiger charge is 2.27. The molecular weight excluding hydrogens is 374 g/mol. The van der Waals surface area contributed by atoms with Gasteiger partial charge in [-0.15, -0.1) is 11.3 Å². The molecule has 0 unspecified atom stereocenters. The summed E-state index contributed by atoms with van der Waals surface area (Å²) in [6, 6.07) is 6.49. The summed E-state index contributed by atoms with van der Waals surface area (Å²) in [5.74, 6) is -1.15. The van der Waals surface area contributed by atoms with E-state index in [2.05, 4.69) is 5.32 Å². The highest BCUT2D eigenvalue weighted by atomic mass is 35.5. The predicted octanol–water partition coefficient (Wildman–Crippen LogP) is 4.28. The molecule has 1 amide bonds. The molecule has 2 aromatic rings. The second-order valence-electron chi connectivity index (χ2n) is 6.11. The van der Waals surface area contributed by atoms with E-state index >= 15 is 0 Å². The number of hydrogen-bond donors (Lipinski definition) is 1. The molecule has 3 rings (SSSR count). The Morgan fingerprint density at radius 3 is 2.73 bits per heavy atom. The molecule has 1 aliphatic carbocycles. The van der Waals surface area contributed by atoms with Gasteiger partial charge in [-0.2, -0.15) is 0 Å². The van der Waals surface area contributed by atoms with E-state index in [1.165, 1.54) is 24.3 Å². The number of carbonyl (C=O) groups excluding carboxylic acids is 3. The average Bonchev–Trinajstić information content (AvgIpc) is 2.96. The minimum Gasteiger partial charge on any atom is -0.454 e. The van der Waals surface area contributed by atoms with Gasteiger partial charge in [0.05, 0.1) is 5.56 Å². The van der Waals surface area contributed by atoms with Crippen molar-refractivity contribution in [2.24, 2.45) is 0 Å². The second kappa shape index (κ2) is 8.01. The van der Waals surface area contributed by atoms with E-state index < -0.39 is 5.97 Å². The normalized spacial score (nSPS) is 13.0. The quantitative estimate of drug-likeness (QED) is 0.610. The van der Waals surface area contributed by atoms with Crippen LogP contribution in [0.5, 0.6) is 0 Å². The van der Waals surface area contributed by atoms with Crippen molar-refractivity contribution in [2.45, 2.75) is 32.6 Å². The monoisotopic (exact) mass is 391 g/mol. The maximum Gasteiger partial charge on any atom is 0.341 e. The van der Waals surface area contributed by atoms with Crippen LogP contribution in [-0.2, 0) is 22.4 Å². The fraction of sp³-hybridized carbons (Fsp3) is 0.316. The zero-order valence-corrected chi connectivity index (χ0v) is 15.8. The van der Waals surface area contributed by atoms with Crippen molar-refractivity contribution < 1.29 is 19.1 Å². The predicted molar refractivity (Wildman–Crippen MR) is 101 cm³/mol. The van der Waals surface area contributed by atoms with E-state index in [9.17, 15) is 14.4 Å². The number of carbonyl (C=O) groups is 3. The molecule has 0 bridgehead atoms. The van der Waals surface area contributed by atoms with Gasteiger partial charge in [-0.3, -0.25) is 9.59 Å². The zero-order valence-electron chi connectivity index (χ0n) is 14.3. The Balaban J connectivity index is 1.77. The number of nitrogens with one attached hydrogen (secondary N) is 1. The number of hydrogen-bond acceptors (Lipinski definition) is 5. The van der Waals surface area contributed by atoms with E-state index in [0.717, 1.165) is 36.1 Å². The highest BCUT2D eigenvalue weighted by molar-refractivity contribution is 7.17. The number of anilines is 1. The molecular formula is C19H18ClNO4S. The van der Waals surface area contributed by atoms with Crippen LogP contribution in [0.4, 0.5) is 5.00 Å². The van der Waals surface area contributed by atoms with Gasteiger partial charge in [0.2, 0.25) is 5.91 Å². The summed E-state index contributed by atoms with van der Waals surface area (Å²) in [6.45, 7) is 1.03. The van der Waals surface area contributed by atoms with Gasteiger partial charge >= 0.3 is 5.97 Å². The van der Waals surface area contributed by atoms with E-state index in [-0.39, 0.29) is 18.3 Å². The van der Waals surface area contributed by atoms with Crippen LogP contribution < -0.4 is 5.32 Å². The topological polar surface area (TPSA) is 72.5 Å². The van der Waals surface area contributed by atoms with Crippen molar-refractivity contribution in [3.63, 3.8) is 0 Å². The van der Waals surface area contributed by atoms with Gasteiger partial charge in [0.15, 0.2) is 12.4 Å². The molecule has 0 spiro atoms. The Labute approximate surface area is 160 Å². The summed E-state index contributed by atoms with van der Waals surface area (Å²) >= 11 is 7.30. The first-order valence-electron chi connectivity index (χ1n) is 8.33. The van der Waals surface area contributed by atoms with Crippen LogP contribution in [0.15, 0.2) is 24.3 Å². The van der Waals surface area contributed by atoms with Gasteiger partial charge in [0.25, 0.3) is 0 Å². The molecule has 1 N–H and O–H groups in total. The molecule has 1 heterocycles. The lowest BCUT2D eigenvalue weighted by Gasteiger charge is -2.12. The van der Waals surface area contributed by atoms with Gasteiger partial charge in [-0.05, 0) is 43.4 Å². The lowest BCUT2D eigenvalue weighted by Crippen LogP contribution is -2.17. The molecule has 0 aliphatic heterocycles. The molecule has 1 aromatic carbocycles. The summed E-state index contributed by atoms with van der Waals surface area (Å²) in [6.07, 6.45) is 3.72. The van der Waals surface area contributed by atoms with Crippen LogP contribution in [0.1, 0.15) is 50.9 Å². The third-order valence-corrected chi connectivity index (χ3v) is 5.59. The standard InChI is InChI=1S/C19H18ClNO4S/c1-11(22)21-18-17(14-7-2-3-8-16(14)26-18)19(24)25-10-15(23)12-5-4-6-13(20)9-12/h4-6,9H,2-3,7-8,10H2,1H3,(H,21,22). The number of benzene rings is 1. The van der Waals surface area contributed by atoms with Crippen LogP contribution in [-0.4, -0.2) is 24.3 Å². The van der Waals surface area contributed by atoms with E-state index in [1.54, 1.807) is 18.2 Å². The Bertz CT molecular complexity index is 874. The molecule has 5 nitrogen and oxygen atoms in total. The number of ether oxygens (including phenoxy) is 1. The minimum atomic E-state index is -0.580. The number of aryl methyl sites for hydroxylation is 1. The van der Waals surface area contributed by atoms with Crippen molar-refractivity contribution in [3.05, 3.63) is 50.9 Å². The number of esters is 1. The second-order valence-corrected chi connectivity index (χ2v) is 7.65. The van der Waals surface area contributed by atoms with Crippen LogP contribution in [0.2, 0.25) is 5.02 Å². The van der Waals surface area contributed by atoms with Gasteiger partial charge in [-0.25, -0.2) is 4.79 Å². The molecule has 136 valence electrons. The number of fused-ring (bicyclic) bond motifs is 1. The maximum absolute atomic E-state index is 12.6. The van der Waals surface area contributed by atoms with Crippen molar-refractivity contribution in [2.75, 3.05) is 11.9 Å². The van der Waals surface area contributed by atoms with E-state index in [4.69, 9.17) is 16.3 Å². The lowest BCUT2D eigenvalue weighted by molar-refractivity contribution is -0.114. The van der Waals surface area contributed by atoms with Crippen LogP contribution in [0.3, 0.4) is 0 Å². The molecule has 0 radical (unpaired) electrons. The van der Waals surface area contributed by atoms with Crippen molar-refractivity contribution >= 4 is 45.6 Å². The van der Waals surface area contributed by atoms with Gasteiger partial charge < -0.3 is 10.1 Å². The van der Waals surface area contributed by atoms with Crippen molar-refractivity contribution in [1.82, 2.24) is 0 Å². The third-order valence-electron chi connectivity index (χ3n) is 4.15. The fourth-order valence-electron chi connectivity index (χ4n) is 2.98. The Kier molecular flexibility index (Phi) is 5.74. The third kappa shape index (κ3) is 4.14. The maximum atomic E-state index is 12.6. The van der Waals surface area contributed by atoms with E-state index in [1.807, 2.05) is 0 Å². The van der Waals surface area contributed by atoms with Crippen LogP contribution in [0.25, 0.3) is 0 Å². The van der Waals surface area contributed by atoms with Crippen LogP contribution >= 0.6 is 22.9 Å². The first-order valence-corrected chi connectivity index (χ1v) is 9.53. The number of halogens is 1. The SMILES string of the molecule is CC(=O)Nc1sc2c(c1C(=O)OCC(=O)c1cccc(Cl)c1)CCCC2. The molecule has 26 heavy (non-hydrogen) atoms. The minimum absolute atomic E-state index is 0.243. The molecule has 1 aliphatic rings. The summed E-state index contributed by atoms with van der Waals surface area (Å²) in [5.41, 5.74) is 1.71. The van der Waals surface area contributed by atoms with Gasteiger partial charge in [-0.1, -0.05) is 23.7 Å². The molecule has 0 fully saturated rings. The first-order chi connectivity index (χ1) is 12.5. The summed E-state index contributed by atoms with van der Waals surface area (Å²) < 4.78 is 5.25. The van der Waals surface area contributed by atoms with Gasteiger partial charge in [0, 0.05) is 22.4 Å². The molecule has 0 atom stereocenters. The van der Waals surface area contributed by atoms with Crippen LogP contribution in [0, 0.1) is 0 Å². The largest absolute Gasteiger partial charge is 0.454 e. The zero-order chi connectivity index (χ0) is 18.7. The number of ketones is 1. The number of rotatable bonds is 5.